The number of carbonyl (C=O) groups excluding carboxylic acids is 1. The third-order valence-corrected chi connectivity index (χ3v) is 5.44. The van der Waals surface area contributed by atoms with Crippen LogP contribution in [0.3, 0.4) is 0 Å². The SMILES string of the molecule is COC(=O)c1ccc(-c2ccc(-c3[nH]ncc3[B]OC(C)(C)C(C)(C)O)cc2)cc1. The molecule has 0 fully saturated rings. The highest BCUT2D eigenvalue weighted by molar-refractivity contribution is 6.49. The summed E-state index contributed by atoms with van der Waals surface area (Å²) in [6.07, 6.45) is 1.69. The number of aliphatic hydroxyl groups is 1. The minimum absolute atomic E-state index is 0.352. The summed E-state index contributed by atoms with van der Waals surface area (Å²) in [6.45, 7) is 7.11. The lowest BCUT2D eigenvalue weighted by Crippen LogP contribution is -2.49. The lowest BCUT2D eigenvalue weighted by Gasteiger charge is -2.37. The monoisotopic (exact) mass is 405 g/mol. The summed E-state index contributed by atoms with van der Waals surface area (Å²) in [5, 5.41) is 17.4. The number of aromatic amines is 1. The minimum Gasteiger partial charge on any atom is -0.465 e. The Morgan fingerprint density at radius 2 is 1.50 bits per heavy atom. The fourth-order valence-electron chi connectivity index (χ4n) is 2.72. The van der Waals surface area contributed by atoms with Crippen LogP contribution in [0.1, 0.15) is 38.1 Å². The summed E-state index contributed by atoms with van der Waals surface area (Å²) in [7, 11) is 2.99. The first kappa shape index (κ1) is 21.8. The minimum atomic E-state index is -1.00. The van der Waals surface area contributed by atoms with Crippen LogP contribution in [0.15, 0.2) is 54.7 Å². The Hall–Kier alpha value is -2.90. The first-order chi connectivity index (χ1) is 14.1. The molecule has 0 saturated heterocycles. The zero-order valence-electron chi connectivity index (χ0n) is 17.9. The number of nitrogens with one attached hydrogen (secondary N) is 1. The quantitative estimate of drug-likeness (QED) is 0.465. The van der Waals surface area contributed by atoms with E-state index in [0.717, 1.165) is 27.8 Å². The van der Waals surface area contributed by atoms with Crippen molar-refractivity contribution in [2.24, 2.45) is 0 Å². The Bertz CT molecular complexity index is 1000. The molecular formula is C23H26BN2O4. The molecule has 0 aliphatic heterocycles. The van der Waals surface area contributed by atoms with Gasteiger partial charge in [0, 0.05) is 6.20 Å². The van der Waals surface area contributed by atoms with E-state index in [1.807, 2.05) is 50.2 Å². The van der Waals surface area contributed by atoms with E-state index in [1.54, 1.807) is 39.7 Å². The summed E-state index contributed by atoms with van der Waals surface area (Å²) in [5.74, 6) is -0.352. The van der Waals surface area contributed by atoms with E-state index in [4.69, 9.17) is 9.39 Å². The van der Waals surface area contributed by atoms with E-state index in [2.05, 4.69) is 10.2 Å². The average molecular weight is 405 g/mol. The standard InChI is InChI=1S/C23H26BN2O4/c1-22(2,28)23(3,4)30-24-19-14-25-26-20(19)17-10-6-15(7-11-17)16-8-12-18(13-9-16)21(27)29-5/h6-14,28H,1-5H3,(H,25,26). The maximum Gasteiger partial charge on any atom is 0.337 e. The summed E-state index contributed by atoms with van der Waals surface area (Å²) >= 11 is 0. The molecule has 0 bridgehead atoms. The van der Waals surface area contributed by atoms with Gasteiger partial charge in [-0.15, -0.1) is 0 Å². The van der Waals surface area contributed by atoms with Crippen LogP contribution < -0.4 is 5.46 Å². The molecule has 2 N–H and O–H groups in total. The van der Waals surface area contributed by atoms with Crippen LogP contribution in [-0.2, 0) is 9.39 Å². The van der Waals surface area contributed by atoms with Gasteiger partial charge in [0.1, 0.15) is 0 Å². The molecule has 0 amide bonds. The molecule has 0 aliphatic rings. The molecule has 3 rings (SSSR count). The van der Waals surface area contributed by atoms with E-state index in [-0.39, 0.29) is 5.97 Å². The van der Waals surface area contributed by atoms with Crippen molar-refractivity contribution < 1.29 is 19.3 Å². The van der Waals surface area contributed by atoms with E-state index >= 15 is 0 Å². The number of nitrogens with zero attached hydrogens (tertiary/aromatic N) is 1. The van der Waals surface area contributed by atoms with Crippen LogP contribution in [0.2, 0.25) is 0 Å². The molecule has 6 nitrogen and oxygen atoms in total. The van der Waals surface area contributed by atoms with Gasteiger partial charge >= 0.3 is 13.5 Å². The molecule has 155 valence electrons. The van der Waals surface area contributed by atoms with Crippen molar-refractivity contribution in [2.45, 2.75) is 38.9 Å². The number of methoxy groups -OCH3 is 1. The average Bonchev–Trinajstić information content (AvgIpc) is 3.20. The molecule has 1 aromatic heterocycles. The highest BCUT2D eigenvalue weighted by Crippen LogP contribution is 2.26. The number of hydrogen-bond acceptors (Lipinski definition) is 5. The number of ether oxygens (including phenoxy) is 1. The normalized spacial score (nSPS) is 11.9. The molecule has 7 heteroatoms. The summed E-state index contributed by atoms with van der Waals surface area (Å²) in [6, 6.07) is 15.3. The van der Waals surface area contributed by atoms with Gasteiger partial charge in [-0.3, -0.25) is 5.10 Å². The molecular weight excluding hydrogens is 379 g/mol. The molecule has 30 heavy (non-hydrogen) atoms. The molecule has 2 aromatic carbocycles. The maximum atomic E-state index is 11.6. The van der Waals surface area contributed by atoms with E-state index in [9.17, 15) is 9.90 Å². The molecule has 1 radical (unpaired) electrons. The molecule has 0 unspecified atom stereocenters. The predicted octanol–water partition coefficient (Wildman–Crippen LogP) is 3.34. The van der Waals surface area contributed by atoms with Crippen LogP contribution in [0.5, 0.6) is 0 Å². The zero-order valence-corrected chi connectivity index (χ0v) is 17.9. The Morgan fingerprint density at radius 1 is 0.967 bits per heavy atom. The number of esters is 1. The highest BCUT2D eigenvalue weighted by Gasteiger charge is 2.36. The third-order valence-electron chi connectivity index (χ3n) is 5.44. The van der Waals surface area contributed by atoms with Gasteiger partial charge in [-0.1, -0.05) is 36.4 Å². The molecule has 1 heterocycles. The Morgan fingerprint density at radius 3 is 2.03 bits per heavy atom. The predicted molar refractivity (Wildman–Crippen MR) is 118 cm³/mol. The second-order valence-corrected chi connectivity index (χ2v) is 8.15. The molecule has 0 spiro atoms. The van der Waals surface area contributed by atoms with Crippen LogP contribution in [0.4, 0.5) is 0 Å². The highest BCUT2D eigenvalue weighted by atomic mass is 16.5. The third kappa shape index (κ3) is 4.63. The van der Waals surface area contributed by atoms with Crippen molar-refractivity contribution in [3.63, 3.8) is 0 Å². The van der Waals surface area contributed by atoms with Crippen molar-refractivity contribution in [1.82, 2.24) is 10.2 Å². The molecule has 0 atom stereocenters. The Kier molecular flexibility index (Phi) is 6.15. The fourth-order valence-corrected chi connectivity index (χ4v) is 2.72. The first-order valence-corrected chi connectivity index (χ1v) is 9.68. The van der Waals surface area contributed by atoms with E-state index in [1.165, 1.54) is 7.11 Å². The van der Waals surface area contributed by atoms with Gasteiger partial charge in [-0.25, -0.2) is 4.79 Å². The van der Waals surface area contributed by atoms with Gasteiger partial charge in [0.25, 0.3) is 0 Å². The van der Waals surface area contributed by atoms with Gasteiger partial charge in [0.05, 0.1) is 29.6 Å². The van der Waals surface area contributed by atoms with Gasteiger partial charge in [-0.05, 0) is 62.0 Å². The smallest absolute Gasteiger partial charge is 0.337 e. The van der Waals surface area contributed by atoms with Crippen molar-refractivity contribution in [3.8, 4) is 22.4 Å². The van der Waals surface area contributed by atoms with Gasteiger partial charge in [0.2, 0.25) is 0 Å². The van der Waals surface area contributed by atoms with Crippen molar-refractivity contribution in [1.29, 1.82) is 0 Å². The largest absolute Gasteiger partial charge is 0.465 e. The van der Waals surface area contributed by atoms with E-state index in [0.29, 0.717) is 5.56 Å². The lowest BCUT2D eigenvalue weighted by molar-refractivity contribution is -0.0893. The summed E-state index contributed by atoms with van der Waals surface area (Å²) < 4.78 is 10.6. The number of aromatic nitrogens is 2. The second-order valence-electron chi connectivity index (χ2n) is 8.15. The number of benzene rings is 2. The fraction of sp³-hybridized carbons (Fsp3) is 0.304. The van der Waals surface area contributed by atoms with Crippen LogP contribution >= 0.6 is 0 Å². The van der Waals surface area contributed by atoms with Crippen LogP contribution in [0, 0.1) is 0 Å². The zero-order chi connectivity index (χ0) is 21.9. The number of rotatable bonds is 7. The van der Waals surface area contributed by atoms with Crippen molar-refractivity contribution in [3.05, 3.63) is 60.3 Å². The summed E-state index contributed by atoms with van der Waals surface area (Å²) in [5.41, 5.74) is 3.36. The molecule has 0 saturated carbocycles. The lowest BCUT2D eigenvalue weighted by atomic mass is 9.82. The van der Waals surface area contributed by atoms with Gasteiger partial charge in [-0.2, -0.15) is 5.10 Å². The van der Waals surface area contributed by atoms with Crippen LogP contribution in [0.25, 0.3) is 22.4 Å². The van der Waals surface area contributed by atoms with Gasteiger partial charge in [0.15, 0.2) is 0 Å². The number of hydrogen-bond donors (Lipinski definition) is 2. The van der Waals surface area contributed by atoms with E-state index < -0.39 is 11.2 Å². The Labute approximate surface area is 177 Å². The Balaban J connectivity index is 1.76. The molecule has 0 aliphatic carbocycles. The number of carbonyl (C=O) groups is 1. The first-order valence-electron chi connectivity index (χ1n) is 9.68. The van der Waals surface area contributed by atoms with Crippen LogP contribution in [-0.4, -0.2) is 47.1 Å². The maximum absolute atomic E-state index is 11.6. The number of H-pyrrole nitrogens is 1. The molecule has 3 aromatic rings. The van der Waals surface area contributed by atoms with Gasteiger partial charge < -0.3 is 14.5 Å². The second kappa shape index (κ2) is 8.46. The summed E-state index contributed by atoms with van der Waals surface area (Å²) in [4.78, 5) is 11.6. The topological polar surface area (TPSA) is 84.4 Å². The van der Waals surface area contributed by atoms with Crippen molar-refractivity contribution in [2.75, 3.05) is 7.11 Å². The van der Waals surface area contributed by atoms with Crippen molar-refractivity contribution >= 4 is 18.9 Å².